The molecule has 1 unspecified atom stereocenters. The van der Waals surface area contributed by atoms with Crippen molar-refractivity contribution in [3.05, 3.63) is 58.4 Å². The quantitative estimate of drug-likeness (QED) is 0.719. The average Bonchev–Trinajstić information content (AvgIpc) is 3.12. The van der Waals surface area contributed by atoms with Gasteiger partial charge in [0.2, 0.25) is 0 Å². The van der Waals surface area contributed by atoms with Crippen LogP contribution in [0.5, 0.6) is 0 Å². The van der Waals surface area contributed by atoms with Crippen LogP contribution in [0.2, 0.25) is 0 Å². The number of fused-ring (bicyclic) bond motifs is 1. The SMILES string of the molecule is Cc1cc(C)cc(C2CCCN2Cc2cnc3c(c2)c(C)nn3C)c1. The topological polar surface area (TPSA) is 34.0 Å². The Bertz CT molecular complexity index is 905. The van der Waals surface area contributed by atoms with E-state index in [1.807, 2.05) is 17.9 Å². The molecule has 0 spiro atoms. The summed E-state index contributed by atoms with van der Waals surface area (Å²) < 4.78 is 1.86. The van der Waals surface area contributed by atoms with E-state index in [0.29, 0.717) is 6.04 Å². The van der Waals surface area contributed by atoms with Gasteiger partial charge in [-0.05, 0) is 57.4 Å². The molecule has 25 heavy (non-hydrogen) atoms. The zero-order chi connectivity index (χ0) is 17.6. The van der Waals surface area contributed by atoms with Gasteiger partial charge in [0.1, 0.15) is 0 Å². The molecule has 0 N–H and O–H groups in total. The van der Waals surface area contributed by atoms with E-state index >= 15 is 0 Å². The van der Waals surface area contributed by atoms with Gasteiger partial charge in [0.15, 0.2) is 5.65 Å². The number of aryl methyl sites for hydroxylation is 4. The maximum Gasteiger partial charge on any atom is 0.157 e. The van der Waals surface area contributed by atoms with Crippen molar-refractivity contribution in [1.29, 1.82) is 0 Å². The van der Waals surface area contributed by atoms with E-state index in [4.69, 9.17) is 0 Å². The van der Waals surface area contributed by atoms with Gasteiger partial charge >= 0.3 is 0 Å². The lowest BCUT2D eigenvalue weighted by atomic mass is 9.99. The summed E-state index contributed by atoms with van der Waals surface area (Å²) in [5.74, 6) is 0. The molecule has 0 radical (unpaired) electrons. The van der Waals surface area contributed by atoms with Gasteiger partial charge in [0.05, 0.1) is 5.69 Å². The van der Waals surface area contributed by atoms with Crippen molar-refractivity contribution in [2.75, 3.05) is 6.54 Å². The third kappa shape index (κ3) is 3.07. The molecule has 3 heterocycles. The van der Waals surface area contributed by atoms with Gasteiger partial charge < -0.3 is 0 Å². The molecule has 130 valence electrons. The summed E-state index contributed by atoms with van der Waals surface area (Å²) in [6, 6.07) is 9.74. The summed E-state index contributed by atoms with van der Waals surface area (Å²) in [7, 11) is 1.96. The average molecular weight is 334 g/mol. The maximum atomic E-state index is 4.64. The Hall–Kier alpha value is -2.20. The number of pyridine rings is 1. The highest BCUT2D eigenvalue weighted by molar-refractivity contribution is 5.78. The molecule has 4 heteroatoms. The summed E-state index contributed by atoms with van der Waals surface area (Å²) in [5, 5.41) is 5.65. The summed E-state index contributed by atoms with van der Waals surface area (Å²) in [6.45, 7) is 8.55. The van der Waals surface area contributed by atoms with Crippen molar-refractivity contribution in [3.63, 3.8) is 0 Å². The third-order valence-electron chi connectivity index (χ3n) is 5.30. The summed E-state index contributed by atoms with van der Waals surface area (Å²) in [6.07, 6.45) is 4.52. The molecular weight excluding hydrogens is 308 g/mol. The number of benzene rings is 1. The largest absolute Gasteiger partial charge is 0.292 e. The summed E-state index contributed by atoms with van der Waals surface area (Å²) in [4.78, 5) is 7.24. The first-order chi connectivity index (χ1) is 12.0. The molecular formula is C21H26N4. The Kier molecular flexibility index (Phi) is 4.08. The predicted molar refractivity (Wildman–Crippen MR) is 102 cm³/mol. The zero-order valence-electron chi connectivity index (χ0n) is 15.6. The van der Waals surface area contributed by atoms with E-state index in [1.165, 1.54) is 40.5 Å². The molecule has 1 atom stereocenters. The van der Waals surface area contributed by atoms with Crippen LogP contribution in [0.15, 0.2) is 30.5 Å². The highest BCUT2D eigenvalue weighted by atomic mass is 15.3. The molecule has 0 saturated carbocycles. The van der Waals surface area contributed by atoms with Crippen molar-refractivity contribution in [1.82, 2.24) is 19.7 Å². The molecule has 0 amide bonds. The molecule has 4 nitrogen and oxygen atoms in total. The second-order valence-corrected chi connectivity index (χ2v) is 7.47. The first-order valence-corrected chi connectivity index (χ1v) is 9.12. The molecule has 1 aliphatic rings. The lowest BCUT2D eigenvalue weighted by molar-refractivity contribution is 0.248. The van der Waals surface area contributed by atoms with Crippen LogP contribution in [0, 0.1) is 20.8 Å². The van der Waals surface area contributed by atoms with Gasteiger partial charge in [-0.2, -0.15) is 5.10 Å². The van der Waals surface area contributed by atoms with E-state index < -0.39 is 0 Å². The molecule has 0 aliphatic carbocycles. The second kappa shape index (κ2) is 6.26. The zero-order valence-corrected chi connectivity index (χ0v) is 15.6. The minimum atomic E-state index is 0.518. The summed E-state index contributed by atoms with van der Waals surface area (Å²) in [5.41, 5.74) is 7.47. The van der Waals surface area contributed by atoms with Gasteiger partial charge in [0, 0.05) is 31.2 Å². The summed E-state index contributed by atoms with van der Waals surface area (Å²) >= 11 is 0. The van der Waals surface area contributed by atoms with Crippen LogP contribution >= 0.6 is 0 Å². The van der Waals surface area contributed by atoms with Crippen LogP contribution in [0.3, 0.4) is 0 Å². The Morgan fingerprint density at radius 2 is 1.84 bits per heavy atom. The fourth-order valence-electron chi connectivity index (χ4n) is 4.27. The van der Waals surface area contributed by atoms with Gasteiger partial charge in [-0.3, -0.25) is 9.58 Å². The van der Waals surface area contributed by atoms with Crippen LogP contribution in [0.4, 0.5) is 0 Å². The van der Waals surface area contributed by atoms with E-state index in [2.05, 4.69) is 60.0 Å². The van der Waals surface area contributed by atoms with E-state index in [0.717, 1.165) is 24.4 Å². The van der Waals surface area contributed by atoms with Crippen LogP contribution in [-0.4, -0.2) is 26.2 Å². The third-order valence-corrected chi connectivity index (χ3v) is 5.30. The normalized spacial score (nSPS) is 18.3. The number of likely N-dealkylation sites (tertiary alicyclic amines) is 1. The highest BCUT2D eigenvalue weighted by Crippen LogP contribution is 2.34. The van der Waals surface area contributed by atoms with Crippen molar-refractivity contribution in [3.8, 4) is 0 Å². The van der Waals surface area contributed by atoms with E-state index in [9.17, 15) is 0 Å². The standard InChI is InChI=1S/C21H26N4/c1-14-8-15(2)10-18(9-14)20-6-5-7-25(20)13-17-11-19-16(3)23-24(4)21(19)22-12-17/h8-12,20H,5-7,13H2,1-4H3. The van der Waals surface area contributed by atoms with Crippen molar-refractivity contribution >= 4 is 11.0 Å². The van der Waals surface area contributed by atoms with Crippen LogP contribution in [0.25, 0.3) is 11.0 Å². The number of hydrogen-bond donors (Lipinski definition) is 0. The minimum Gasteiger partial charge on any atom is -0.292 e. The van der Waals surface area contributed by atoms with E-state index in [1.54, 1.807) is 0 Å². The van der Waals surface area contributed by atoms with Crippen LogP contribution < -0.4 is 0 Å². The highest BCUT2D eigenvalue weighted by Gasteiger charge is 2.26. The molecule has 1 aliphatic heterocycles. The number of nitrogens with zero attached hydrogens (tertiary/aromatic N) is 4. The van der Waals surface area contributed by atoms with Gasteiger partial charge in [-0.15, -0.1) is 0 Å². The fraction of sp³-hybridized carbons (Fsp3) is 0.429. The maximum absolute atomic E-state index is 4.64. The molecule has 1 saturated heterocycles. The Labute approximate surface area is 149 Å². The van der Waals surface area contributed by atoms with Crippen molar-refractivity contribution < 1.29 is 0 Å². The Morgan fingerprint density at radius 3 is 2.60 bits per heavy atom. The smallest absolute Gasteiger partial charge is 0.157 e. The van der Waals surface area contributed by atoms with E-state index in [-0.39, 0.29) is 0 Å². The van der Waals surface area contributed by atoms with Crippen molar-refractivity contribution in [2.24, 2.45) is 7.05 Å². The Balaban J connectivity index is 1.62. The molecule has 4 rings (SSSR count). The van der Waals surface area contributed by atoms with Gasteiger partial charge in [-0.25, -0.2) is 4.98 Å². The van der Waals surface area contributed by atoms with Gasteiger partial charge in [0.25, 0.3) is 0 Å². The fourth-order valence-corrected chi connectivity index (χ4v) is 4.27. The number of hydrogen-bond acceptors (Lipinski definition) is 3. The number of aromatic nitrogens is 3. The Morgan fingerprint density at radius 1 is 1.08 bits per heavy atom. The van der Waals surface area contributed by atoms with Crippen LogP contribution in [-0.2, 0) is 13.6 Å². The molecule has 0 bridgehead atoms. The lowest BCUT2D eigenvalue weighted by Gasteiger charge is -2.25. The minimum absolute atomic E-state index is 0.518. The first kappa shape index (κ1) is 16.3. The van der Waals surface area contributed by atoms with Gasteiger partial charge in [-0.1, -0.05) is 29.3 Å². The monoisotopic (exact) mass is 334 g/mol. The van der Waals surface area contributed by atoms with Crippen LogP contribution in [0.1, 0.15) is 46.8 Å². The van der Waals surface area contributed by atoms with Crippen molar-refractivity contribution in [2.45, 2.75) is 46.2 Å². The lowest BCUT2D eigenvalue weighted by Crippen LogP contribution is -2.23. The molecule has 1 fully saturated rings. The predicted octanol–water partition coefficient (Wildman–Crippen LogP) is 4.23. The molecule has 3 aromatic rings. The second-order valence-electron chi connectivity index (χ2n) is 7.47. The first-order valence-electron chi connectivity index (χ1n) is 9.12. The number of rotatable bonds is 3. The molecule has 2 aromatic heterocycles. The molecule has 1 aromatic carbocycles.